The molecule has 1 aromatic carbocycles. The molecule has 40 heavy (non-hydrogen) atoms. The zero-order chi connectivity index (χ0) is 29.7. The average Bonchev–Trinajstić information content (AvgIpc) is 3.41. The van der Waals surface area contributed by atoms with Crippen molar-refractivity contribution in [3.63, 3.8) is 0 Å². The summed E-state index contributed by atoms with van der Waals surface area (Å²) >= 11 is 0. The monoisotopic (exact) mass is 561 g/mol. The van der Waals surface area contributed by atoms with Crippen molar-refractivity contribution in [2.24, 2.45) is 11.7 Å². The maximum Gasteiger partial charge on any atom is 0.408 e. The molecule has 2 rings (SSSR count). The Kier molecular flexibility index (Phi) is 13.4. The molecule has 1 aliphatic heterocycles. The van der Waals surface area contributed by atoms with Crippen molar-refractivity contribution in [3.8, 4) is 0 Å². The van der Waals surface area contributed by atoms with Gasteiger partial charge in [0, 0.05) is 6.54 Å². The van der Waals surface area contributed by atoms with E-state index in [1.165, 1.54) is 11.8 Å². The first kappa shape index (κ1) is 32.5. The molecule has 0 saturated carbocycles. The van der Waals surface area contributed by atoms with E-state index in [-0.39, 0.29) is 18.9 Å². The summed E-state index contributed by atoms with van der Waals surface area (Å²) in [6, 6.07) is 5.30. The summed E-state index contributed by atoms with van der Waals surface area (Å²) in [5.41, 5.74) is 6.29. The third kappa shape index (κ3) is 10.5. The number of likely N-dealkylation sites (tertiary alicyclic amines) is 1. The molecule has 12 nitrogen and oxygen atoms in total. The van der Waals surface area contributed by atoms with E-state index in [1.807, 2.05) is 44.2 Å². The van der Waals surface area contributed by atoms with Crippen LogP contribution in [0, 0.1) is 5.92 Å². The summed E-state index contributed by atoms with van der Waals surface area (Å²) < 4.78 is 5.19. The predicted molar refractivity (Wildman–Crippen MR) is 148 cm³/mol. The van der Waals surface area contributed by atoms with Gasteiger partial charge < -0.3 is 36.4 Å². The molecule has 1 fully saturated rings. The number of alkyl carbamates (subject to hydrolysis) is 1. The van der Waals surface area contributed by atoms with Crippen LogP contribution < -0.4 is 21.7 Å². The molecule has 12 heteroatoms. The van der Waals surface area contributed by atoms with Crippen LogP contribution in [0.2, 0.25) is 0 Å². The van der Waals surface area contributed by atoms with Gasteiger partial charge in [-0.3, -0.25) is 14.4 Å². The lowest BCUT2D eigenvalue weighted by Gasteiger charge is -2.29. The fourth-order valence-electron chi connectivity index (χ4n) is 4.55. The van der Waals surface area contributed by atoms with Crippen molar-refractivity contribution in [2.45, 2.75) is 90.1 Å². The van der Waals surface area contributed by atoms with Gasteiger partial charge in [0.2, 0.25) is 17.7 Å². The van der Waals surface area contributed by atoms with Gasteiger partial charge in [-0.2, -0.15) is 0 Å². The second-order valence-corrected chi connectivity index (χ2v) is 10.5. The maximum atomic E-state index is 13.3. The maximum absolute atomic E-state index is 13.3. The molecule has 0 radical (unpaired) electrons. The number of nitrogens with zero attached hydrogens (tertiary/aromatic N) is 1. The zero-order valence-electron chi connectivity index (χ0n) is 23.6. The first-order valence-corrected chi connectivity index (χ1v) is 13.8. The van der Waals surface area contributed by atoms with Crippen molar-refractivity contribution in [1.29, 1.82) is 0 Å². The molecule has 0 spiro atoms. The lowest BCUT2D eigenvalue weighted by Crippen LogP contribution is -2.57. The van der Waals surface area contributed by atoms with E-state index in [4.69, 9.17) is 10.5 Å². The number of unbranched alkanes of at least 4 members (excludes halogenated alkanes) is 1. The van der Waals surface area contributed by atoms with Crippen molar-refractivity contribution in [3.05, 3.63) is 35.9 Å². The summed E-state index contributed by atoms with van der Waals surface area (Å²) in [6.45, 7) is 6.09. The number of ether oxygens (including phenoxy) is 1. The van der Waals surface area contributed by atoms with Gasteiger partial charge in [0.1, 0.15) is 30.8 Å². The van der Waals surface area contributed by atoms with Gasteiger partial charge in [-0.15, -0.1) is 0 Å². The van der Waals surface area contributed by atoms with Crippen molar-refractivity contribution < 1.29 is 33.8 Å². The van der Waals surface area contributed by atoms with E-state index in [0.29, 0.717) is 45.2 Å². The number of nitrogens with one attached hydrogen (secondary N) is 3. The molecule has 1 saturated heterocycles. The van der Waals surface area contributed by atoms with Crippen LogP contribution in [-0.4, -0.2) is 77.0 Å². The van der Waals surface area contributed by atoms with Gasteiger partial charge in [0.25, 0.3) is 0 Å². The topological polar surface area (TPSA) is 180 Å². The number of carbonyl (C=O) groups is 5. The number of amides is 4. The lowest BCUT2D eigenvalue weighted by molar-refractivity contribution is -0.143. The van der Waals surface area contributed by atoms with Crippen molar-refractivity contribution in [2.75, 3.05) is 13.1 Å². The number of carboxylic acid groups (broad SMARTS) is 1. The Balaban J connectivity index is 1.99. The third-order valence-corrected chi connectivity index (χ3v) is 6.66. The molecular weight excluding hydrogens is 518 g/mol. The molecule has 4 atom stereocenters. The molecule has 4 amide bonds. The quantitative estimate of drug-likeness (QED) is 0.200. The summed E-state index contributed by atoms with van der Waals surface area (Å²) in [6.07, 6.45) is 1.92. The fraction of sp³-hybridized carbons (Fsp3) is 0.607. The molecule has 1 aliphatic rings. The van der Waals surface area contributed by atoms with E-state index < -0.39 is 54.0 Å². The van der Waals surface area contributed by atoms with Gasteiger partial charge >= 0.3 is 12.1 Å². The van der Waals surface area contributed by atoms with Crippen molar-refractivity contribution in [1.82, 2.24) is 20.9 Å². The largest absolute Gasteiger partial charge is 0.480 e. The highest BCUT2D eigenvalue weighted by Gasteiger charge is 2.38. The first-order chi connectivity index (χ1) is 19.0. The second-order valence-electron chi connectivity index (χ2n) is 10.5. The number of benzene rings is 1. The number of rotatable bonds is 15. The molecule has 4 unspecified atom stereocenters. The fourth-order valence-corrected chi connectivity index (χ4v) is 4.55. The smallest absolute Gasteiger partial charge is 0.408 e. The highest BCUT2D eigenvalue weighted by molar-refractivity contribution is 5.95. The molecule has 1 heterocycles. The number of carboxylic acids is 1. The van der Waals surface area contributed by atoms with Crippen LogP contribution in [0.25, 0.3) is 0 Å². The number of hydrogen-bond donors (Lipinski definition) is 5. The molecule has 222 valence electrons. The van der Waals surface area contributed by atoms with Gasteiger partial charge in [0.15, 0.2) is 0 Å². The molecule has 0 aromatic heterocycles. The van der Waals surface area contributed by atoms with Crippen molar-refractivity contribution >= 4 is 29.8 Å². The normalized spacial score (nSPS) is 17.0. The minimum absolute atomic E-state index is 0.0315. The Labute approximate surface area is 235 Å². The third-order valence-electron chi connectivity index (χ3n) is 6.66. The van der Waals surface area contributed by atoms with Gasteiger partial charge in [-0.05, 0) is 63.5 Å². The van der Waals surface area contributed by atoms with E-state index in [0.717, 1.165) is 5.56 Å². The van der Waals surface area contributed by atoms with Gasteiger partial charge in [0.05, 0.1) is 0 Å². The van der Waals surface area contributed by atoms with Crippen LogP contribution >= 0.6 is 0 Å². The molecule has 0 bridgehead atoms. The Hall–Kier alpha value is -3.67. The number of hydrogen-bond acceptors (Lipinski definition) is 7. The lowest BCUT2D eigenvalue weighted by atomic mass is 10.0. The zero-order valence-corrected chi connectivity index (χ0v) is 23.6. The van der Waals surface area contributed by atoms with Gasteiger partial charge in [-0.1, -0.05) is 44.2 Å². The molecular formula is C28H43N5O7. The van der Waals surface area contributed by atoms with E-state index in [2.05, 4.69) is 16.0 Å². The molecule has 0 aliphatic carbocycles. The summed E-state index contributed by atoms with van der Waals surface area (Å²) in [7, 11) is 0. The minimum Gasteiger partial charge on any atom is -0.480 e. The van der Waals surface area contributed by atoms with Crippen LogP contribution in [0.4, 0.5) is 4.79 Å². The van der Waals surface area contributed by atoms with Crippen LogP contribution in [0.5, 0.6) is 0 Å². The van der Waals surface area contributed by atoms with E-state index in [9.17, 15) is 29.1 Å². The van der Waals surface area contributed by atoms with Gasteiger partial charge in [-0.25, -0.2) is 9.59 Å². The van der Waals surface area contributed by atoms with Crippen LogP contribution in [-0.2, 0) is 30.5 Å². The first-order valence-electron chi connectivity index (χ1n) is 13.8. The average molecular weight is 562 g/mol. The Morgan fingerprint density at radius 2 is 1.73 bits per heavy atom. The molecule has 6 N–H and O–H groups in total. The number of aliphatic carboxylic acids is 1. The van der Waals surface area contributed by atoms with Crippen LogP contribution in [0.15, 0.2) is 30.3 Å². The van der Waals surface area contributed by atoms with Crippen LogP contribution in [0.1, 0.15) is 64.9 Å². The Bertz CT molecular complexity index is 1000. The standard InChI is InChI=1S/C28H43N5O7/c1-18(2)16-22(24(34)31-21(27(37)38)12-7-8-14-29)32-25(35)23-13-9-15-33(23)26(36)19(3)30-28(39)40-17-20-10-5-4-6-11-20/h4-6,10-11,18-19,21-23H,7-9,12-17,29H2,1-3H3,(H,30,39)(H,31,34)(H,32,35)(H,37,38). The van der Waals surface area contributed by atoms with E-state index in [1.54, 1.807) is 0 Å². The summed E-state index contributed by atoms with van der Waals surface area (Å²) in [4.78, 5) is 64.7. The highest BCUT2D eigenvalue weighted by Crippen LogP contribution is 2.19. The predicted octanol–water partition coefficient (Wildman–Crippen LogP) is 1.52. The SMILES string of the molecule is CC(C)CC(NC(=O)C1CCCN1C(=O)C(C)NC(=O)OCc1ccccc1)C(=O)NC(CCCCN)C(=O)O. The van der Waals surface area contributed by atoms with Crippen LogP contribution in [0.3, 0.4) is 0 Å². The summed E-state index contributed by atoms with van der Waals surface area (Å²) in [5.74, 6) is -2.65. The minimum atomic E-state index is -1.16. The number of nitrogens with two attached hydrogens (primary N) is 1. The Morgan fingerprint density at radius 1 is 1.02 bits per heavy atom. The second kappa shape index (κ2) is 16.4. The Morgan fingerprint density at radius 3 is 2.35 bits per heavy atom. The highest BCUT2D eigenvalue weighted by atomic mass is 16.5. The van der Waals surface area contributed by atoms with E-state index >= 15 is 0 Å². The number of carbonyl (C=O) groups excluding carboxylic acids is 4. The summed E-state index contributed by atoms with van der Waals surface area (Å²) in [5, 5.41) is 17.3. The molecule has 1 aromatic rings.